The van der Waals surface area contributed by atoms with Gasteiger partial charge in [0.15, 0.2) is 0 Å². The largest absolute Gasteiger partial charge is 0.494 e. The molecule has 0 fully saturated rings. The molecular weight excluding hydrogens is 238 g/mol. The average Bonchev–Trinajstić information content (AvgIpc) is 2.39. The van der Waals surface area contributed by atoms with Crippen LogP contribution < -0.4 is 4.74 Å². The van der Waals surface area contributed by atoms with E-state index in [1.165, 1.54) is 0 Å². The van der Waals surface area contributed by atoms with Gasteiger partial charge in [-0.1, -0.05) is 13.3 Å². The van der Waals surface area contributed by atoms with Crippen LogP contribution in [0.15, 0.2) is 24.3 Å². The summed E-state index contributed by atoms with van der Waals surface area (Å²) in [5, 5.41) is 10.7. The predicted octanol–water partition coefficient (Wildman–Crippen LogP) is 3.78. The van der Waals surface area contributed by atoms with E-state index in [0.29, 0.717) is 5.69 Å². The molecule has 0 aliphatic heterocycles. The van der Waals surface area contributed by atoms with E-state index in [1.807, 2.05) is 31.2 Å². The summed E-state index contributed by atoms with van der Waals surface area (Å²) >= 11 is 0. The van der Waals surface area contributed by atoms with Crippen molar-refractivity contribution in [1.29, 1.82) is 0 Å². The van der Waals surface area contributed by atoms with Crippen LogP contribution in [0.2, 0.25) is 0 Å². The lowest BCUT2D eigenvalue weighted by Crippen LogP contribution is -1.99. The van der Waals surface area contributed by atoms with Crippen molar-refractivity contribution in [3.63, 3.8) is 0 Å². The number of unbranched alkanes of at least 4 members (excludes halogenated alkanes) is 1. The zero-order valence-corrected chi connectivity index (χ0v) is 11.8. The highest BCUT2D eigenvalue weighted by atomic mass is 16.5. The minimum atomic E-state index is -0.538. The summed E-state index contributed by atoms with van der Waals surface area (Å²) in [5.74, 6) is 0.885. The molecule has 1 heterocycles. The fraction of sp³-hybridized carbons (Fsp3) is 0.438. The maximum Gasteiger partial charge on any atom is 0.120 e. The molecule has 102 valence electrons. The van der Waals surface area contributed by atoms with Crippen LogP contribution in [-0.2, 0) is 0 Å². The Bertz CT molecular complexity index is 564. The number of hydrogen-bond acceptors (Lipinski definition) is 3. The predicted molar refractivity (Wildman–Crippen MR) is 77.5 cm³/mol. The number of nitrogens with zero attached hydrogens (tertiary/aromatic N) is 1. The summed E-state index contributed by atoms with van der Waals surface area (Å²) in [6, 6.07) is 7.85. The molecule has 2 rings (SSSR count). The van der Waals surface area contributed by atoms with Crippen molar-refractivity contribution in [3.05, 3.63) is 35.5 Å². The molecule has 1 N–H and O–H groups in total. The van der Waals surface area contributed by atoms with E-state index in [0.717, 1.165) is 41.7 Å². The molecule has 2 aromatic rings. The Kier molecular flexibility index (Phi) is 4.38. The molecule has 19 heavy (non-hydrogen) atoms. The van der Waals surface area contributed by atoms with Gasteiger partial charge in [0.1, 0.15) is 5.75 Å². The molecule has 1 aromatic carbocycles. The Labute approximate surface area is 114 Å². The summed E-state index contributed by atoms with van der Waals surface area (Å²) in [5.41, 5.74) is 2.73. The standard InChI is InChI=1S/C16H21NO2/c1-4-5-8-19-13-6-7-15-14(10-13)11(2)9-16(17-15)12(3)18/h6-7,9-10,12,18H,4-5,8H2,1-3H3. The van der Waals surface area contributed by atoms with Crippen LogP contribution in [0, 0.1) is 6.92 Å². The molecule has 1 atom stereocenters. The molecule has 0 saturated carbocycles. The van der Waals surface area contributed by atoms with Gasteiger partial charge in [0.05, 0.1) is 23.9 Å². The molecule has 0 amide bonds. The molecule has 0 aliphatic carbocycles. The summed E-state index contributed by atoms with van der Waals surface area (Å²) < 4.78 is 5.71. The lowest BCUT2D eigenvalue weighted by Gasteiger charge is -2.10. The normalized spacial score (nSPS) is 12.6. The molecule has 0 spiro atoms. The Morgan fingerprint density at radius 3 is 2.79 bits per heavy atom. The summed E-state index contributed by atoms with van der Waals surface area (Å²) in [7, 11) is 0. The number of aryl methyl sites for hydroxylation is 1. The number of hydrogen-bond donors (Lipinski definition) is 1. The van der Waals surface area contributed by atoms with Crippen LogP contribution in [0.1, 0.15) is 44.1 Å². The first-order valence-electron chi connectivity index (χ1n) is 6.84. The summed E-state index contributed by atoms with van der Waals surface area (Å²) in [6.07, 6.45) is 1.66. The van der Waals surface area contributed by atoms with Crippen LogP contribution in [0.4, 0.5) is 0 Å². The van der Waals surface area contributed by atoms with Gasteiger partial charge in [-0.2, -0.15) is 0 Å². The van der Waals surface area contributed by atoms with E-state index < -0.39 is 6.10 Å². The number of rotatable bonds is 5. The number of pyridine rings is 1. The van der Waals surface area contributed by atoms with Crippen LogP contribution in [0.3, 0.4) is 0 Å². The van der Waals surface area contributed by atoms with Gasteiger partial charge in [-0.3, -0.25) is 4.98 Å². The molecular formula is C16H21NO2. The van der Waals surface area contributed by atoms with Crippen LogP contribution in [-0.4, -0.2) is 16.7 Å². The number of aliphatic hydroxyl groups is 1. The Balaban J connectivity index is 2.32. The number of ether oxygens (including phenoxy) is 1. The molecule has 3 heteroatoms. The third-order valence-corrected chi connectivity index (χ3v) is 3.20. The van der Waals surface area contributed by atoms with Gasteiger partial charge in [-0.05, 0) is 50.1 Å². The fourth-order valence-electron chi connectivity index (χ4n) is 2.04. The second-order valence-electron chi connectivity index (χ2n) is 4.92. The van der Waals surface area contributed by atoms with Gasteiger partial charge >= 0.3 is 0 Å². The van der Waals surface area contributed by atoms with E-state index in [9.17, 15) is 5.11 Å². The smallest absolute Gasteiger partial charge is 0.120 e. The van der Waals surface area contributed by atoms with E-state index in [2.05, 4.69) is 11.9 Å². The van der Waals surface area contributed by atoms with Crippen molar-refractivity contribution in [2.75, 3.05) is 6.61 Å². The highest BCUT2D eigenvalue weighted by molar-refractivity contribution is 5.83. The molecule has 0 saturated heterocycles. The average molecular weight is 259 g/mol. The number of aliphatic hydroxyl groups excluding tert-OH is 1. The van der Waals surface area contributed by atoms with E-state index >= 15 is 0 Å². The zero-order chi connectivity index (χ0) is 13.8. The molecule has 0 aliphatic rings. The second-order valence-corrected chi connectivity index (χ2v) is 4.92. The van der Waals surface area contributed by atoms with Crippen molar-refractivity contribution >= 4 is 10.9 Å². The minimum absolute atomic E-state index is 0.538. The number of fused-ring (bicyclic) bond motifs is 1. The Hall–Kier alpha value is -1.61. The lowest BCUT2D eigenvalue weighted by molar-refractivity contribution is 0.194. The Morgan fingerprint density at radius 1 is 1.32 bits per heavy atom. The summed E-state index contributed by atoms with van der Waals surface area (Å²) in [6.45, 7) is 6.66. The van der Waals surface area contributed by atoms with Crippen molar-refractivity contribution in [3.8, 4) is 5.75 Å². The van der Waals surface area contributed by atoms with Crippen molar-refractivity contribution in [1.82, 2.24) is 4.98 Å². The SMILES string of the molecule is CCCCOc1ccc2nc(C(C)O)cc(C)c2c1. The van der Waals surface area contributed by atoms with E-state index in [1.54, 1.807) is 6.92 Å². The number of aromatic nitrogens is 1. The van der Waals surface area contributed by atoms with E-state index in [-0.39, 0.29) is 0 Å². The number of benzene rings is 1. The van der Waals surface area contributed by atoms with Crippen molar-refractivity contribution < 1.29 is 9.84 Å². The van der Waals surface area contributed by atoms with Gasteiger partial charge in [0.2, 0.25) is 0 Å². The monoisotopic (exact) mass is 259 g/mol. The maximum atomic E-state index is 9.62. The lowest BCUT2D eigenvalue weighted by atomic mass is 10.1. The quantitative estimate of drug-likeness (QED) is 0.831. The Morgan fingerprint density at radius 2 is 2.11 bits per heavy atom. The fourth-order valence-corrected chi connectivity index (χ4v) is 2.04. The van der Waals surface area contributed by atoms with E-state index in [4.69, 9.17) is 4.74 Å². The second kappa shape index (κ2) is 6.02. The van der Waals surface area contributed by atoms with Crippen LogP contribution >= 0.6 is 0 Å². The molecule has 1 aromatic heterocycles. The topological polar surface area (TPSA) is 42.4 Å². The van der Waals surface area contributed by atoms with Crippen molar-refractivity contribution in [2.24, 2.45) is 0 Å². The van der Waals surface area contributed by atoms with Gasteiger partial charge in [0, 0.05) is 5.39 Å². The molecule has 0 radical (unpaired) electrons. The third-order valence-electron chi connectivity index (χ3n) is 3.20. The highest BCUT2D eigenvalue weighted by Crippen LogP contribution is 2.25. The van der Waals surface area contributed by atoms with Gasteiger partial charge < -0.3 is 9.84 Å². The first kappa shape index (κ1) is 13.8. The minimum Gasteiger partial charge on any atom is -0.494 e. The molecule has 3 nitrogen and oxygen atoms in total. The van der Waals surface area contributed by atoms with Gasteiger partial charge in [-0.25, -0.2) is 0 Å². The maximum absolute atomic E-state index is 9.62. The molecule has 0 bridgehead atoms. The summed E-state index contributed by atoms with van der Waals surface area (Å²) in [4.78, 5) is 4.47. The van der Waals surface area contributed by atoms with Gasteiger partial charge in [-0.15, -0.1) is 0 Å². The van der Waals surface area contributed by atoms with Crippen molar-refractivity contribution in [2.45, 2.75) is 39.7 Å². The molecule has 1 unspecified atom stereocenters. The van der Waals surface area contributed by atoms with Crippen LogP contribution in [0.5, 0.6) is 5.75 Å². The first-order valence-corrected chi connectivity index (χ1v) is 6.84. The third kappa shape index (κ3) is 3.24. The highest BCUT2D eigenvalue weighted by Gasteiger charge is 2.08. The first-order chi connectivity index (χ1) is 9.11. The van der Waals surface area contributed by atoms with Gasteiger partial charge in [0.25, 0.3) is 0 Å². The van der Waals surface area contributed by atoms with Crippen LogP contribution in [0.25, 0.3) is 10.9 Å². The zero-order valence-electron chi connectivity index (χ0n) is 11.8.